The largest absolute Gasteiger partial charge is 0.455 e. The fourth-order valence-corrected chi connectivity index (χ4v) is 11.9. The number of nitro groups is 1. The topological polar surface area (TPSA) is 163 Å². The number of anilines is 1. The maximum absolute atomic E-state index is 14.1. The van der Waals surface area contributed by atoms with Crippen LogP contribution in [0.1, 0.15) is 61.0 Å². The molecule has 1 amide bonds. The highest BCUT2D eigenvalue weighted by Crippen LogP contribution is 2.44. The zero-order valence-electron chi connectivity index (χ0n) is 36.7. The fraction of sp³-hybridized carbons (Fsp3) is 0.417. The SMILES string of the molecule is CC1(C)CCC(CN2CCN(c3ccc(C(=O)NS(=O)(=O)c4cc5c(c([N+](=O)[O-])c4)C[C@@H](CCN4CCOCC4)CS5)c(Oc4cnc5[nH]ccc5c4)c3)CC2)=C(c2ccc(Cl)cc2)C1. The molecule has 0 radical (unpaired) electrons. The Morgan fingerprint density at radius 3 is 2.58 bits per heavy atom. The zero-order valence-corrected chi connectivity index (χ0v) is 39.1. The summed E-state index contributed by atoms with van der Waals surface area (Å²) in [5, 5.41) is 13.9. The molecule has 9 rings (SSSR count). The predicted molar refractivity (Wildman–Crippen MR) is 255 cm³/mol. The number of aromatic amines is 1. The molecule has 3 aromatic carbocycles. The molecular weight excluding hydrogens is 886 g/mol. The van der Waals surface area contributed by atoms with Crippen molar-refractivity contribution in [1.29, 1.82) is 0 Å². The van der Waals surface area contributed by atoms with Gasteiger partial charge in [-0.1, -0.05) is 43.2 Å². The van der Waals surface area contributed by atoms with E-state index < -0.39 is 20.9 Å². The van der Waals surface area contributed by atoms with Crippen molar-refractivity contribution in [2.45, 2.75) is 55.7 Å². The van der Waals surface area contributed by atoms with E-state index in [0.717, 1.165) is 100 Å². The Morgan fingerprint density at radius 2 is 1.82 bits per heavy atom. The Morgan fingerprint density at radius 1 is 1.03 bits per heavy atom. The van der Waals surface area contributed by atoms with Crippen molar-refractivity contribution in [2.24, 2.45) is 11.3 Å². The highest BCUT2D eigenvalue weighted by atomic mass is 35.5. The minimum atomic E-state index is -4.56. The smallest absolute Gasteiger partial charge is 0.275 e. The van der Waals surface area contributed by atoms with Crippen molar-refractivity contribution in [1.82, 2.24) is 24.5 Å². The summed E-state index contributed by atoms with van der Waals surface area (Å²) in [5.74, 6) is 0.491. The van der Waals surface area contributed by atoms with E-state index >= 15 is 0 Å². The lowest BCUT2D eigenvalue weighted by molar-refractivity contribution is -0.386. The molecule has 5 aromatic rings. The quantitative estimate of drug-likeness (QED) is 0.0854. The van der Waals surface area contributed by atoms with Crippen LogP contribution >= 0.6 is 23.4 Å². The Labute approximate surface area is 388 Å². The van der Waals surface area contributed by atoms with Gasteiger partial charge in [0.15, 0.2) is 0 Å². The van der Waals surface area contributed by atoms with Gasteiger partial charge < -0.3 is 19.4 Å². The van der Waals surface area contributed by atoms with Crippen molar-refractivity contribution in [2.75, 3.05) is 76.2 Å². The Hall–Kier alpha value is -4.97. The number of pyridine rings is 1. The number of halogens is 1. The van der Waals surface area contributed by atoms with E-state index in [-0.39, 0.29) is 33.2 Å². The summed E-state index contributed by atoms with van der Waals surface area (Å²) < 4.78 is 42.0. The molecule has 17 heteroatoms. The molecule has 5 heterocycles. The third kappa shape index (κ3) is 10.5. The normalized spacial score (nSPS) is 19.6. The van der Waals surface area contributed by atoms with Crippen LogP contribution in [0.25, 0.3) is 16.6 Å². The number of amides is 1. The lowest BCUT2D eigenvalue weighted by atomic mass is 9.72. The fourth-order valence-electron chi connectivity index (χ4n) is 9.40. The van der Waals surface area contributed by atoms with Crippen LogP contribution in [-0.2, 0) is 21.2 Å². The van der Waals surface area contributed by atoms with Gasteiger partial charge in [0.1, 0.15) is 17.1 Å². The predicted octanol–water partition coefficient (Wildman–Crippen LogP) is 8.81. The number of hydrogen-bond acceptors (Lipinski definition) is 12. The van der Waals surface area contributed by atoms with Gasteiger partial charge in [-0.3, -0.25) is 24.7 Å². The number of fused-ring (bicyclic) bond motifs is 2. The second-order valence-corrected chi connectivity index (χ2v) is 21.5. The van der Waals surface area contributed by atoms with Crippen LogP contribution in [0.2, 0.25) is 5.02 Å². The van der Waals surface area contributed by atoms with Gasteiger partial charge in [0.2, 0.25) is 0 Å². The summed E-state index contributed by atoms with van der Waals surface area (Å²) in [5.41, 5.74) is 6.09. The average molecular weight is 941 g/mol. The molecule has 2 fully saturated rings. The maximum Gasteiger partial charge on any atom is 0.275 e. The third-order valence-electron chi connectivity index (χ3n) is 13.2. The summed E-state index contributed by atoms with van der Waals surface area (Å²) >= 11 is 7.68. The first-order valence-electron chi connectivity index (χ1n) is 22.3. The highest BCUT2D eigenvalue weighted by Gasteiger charge is 2.33. The minimum Gasteiger partial charge on any atom is -0.455 e. The van der Waals surface area contributed by atoms with Crippen LogP contribution in [0.4, 0.5) is 11.4 Å². The lowest BCUT2D eigenvalue weighted by Crippen LogP contribution is -2.47. The first-order valence-corrected chi connectivity index (χ1v) is 25.1. The van der Waals surface area contributed by atoms with E-state index in [0.29, 0.717) is 47.2 Å². The first-order chi connectivity index (χ1) is 31.3. The van der Waals surface area contributed by atoms with E-state index in [9.17, 15) is 23.3 Å². The van der Waals surface area contributed by atoms with Crippen LogP contribution in [0.15, 0.2) is 94.5 Å². The Kier molecular flexibility index (Phi) is 13.3. The molecule has 2 aromatic heterocycles. The summed E-state index contributed by atoms with van der Waals surface area (Å²) in [4.78, 5) is 40.8. The molecule has 1 atom stereocenters. The number of ether oxygens (including phenoxy) is 2. The summed E-state index contributed by atoms with van der Waals surface area (Å²) in [6.07, 6.45) is 7.86. The number of benzene rings is 3. The van der Waals surface area contributed by atoms with Gasteiger partial charge in [-0.15, -0.1) is 11.8 Å². The van der Waals surface area contributed by atoms with Gasteiger partial charge in [-0.25, -0.2) is 18.1 Å². The number of sulfonamides is 1. The summed E-state index contributed by atoms with van der Waals surface area (Å²) in [6, 6.07) is 19.5. The molecule has 2 saturated heterocycles. The van der Waals surface area contributed by atoms with Crippen LogP contribution in [0.3, 0.4) is 0 Å². The number of morpholine rings is 1. The maximum atomic E-state index is 14.1. The third-order valence-corrected chi connectivity index (χ3v) is 16.0. The number of carbonyl (C=O) groups is 1. The first kappa shape index (κ1) is 45.2. The van der Waals surface area contributed by atoms with E-state index in [1.54, 1.807) is 36.7 Å². The van der Waals surface area contributed by atoms with Crippen molar-refractivity contribution in [3.8, 4) is 11.5 Å². The van der Waals surface area contributed by atoms with Crippen LogP contribution < -0.4 is 14.4 Å². The Bertz CT molecular complexity index is 2730. The molecule has 3 aliphatic heterocycles. The molecule has 65 heavy (non-hydrogen) atoms. The number of nitro benzene ring substituents is 1. The lowest BCUT2D eigenvalue weighted by Gasteiger charge is -2.39. The average Bonchev–Trinajstić information content (AvgIpc) is 3.77. The minimum absolute atomic E-state index is 0.0167. The molecule has 0 unspecified atom stereocenters. The van der Waals surface area contributed by atoms with Crippen molar-refractivity contribution in [3.63, 3.8) is 0 Å². The van der Waals surface area contributed by atoms with Gasteiger partial charge in [-0.2, -0.15) is 0 Å². The molecule has 2 N–H and O–H groups in total. The molecule has 0 spiro atoms. The van der Waals surface area contributed by atoms with E-state index in [2.05, 4.69) is 55.4 Å². The van der Waals surface area contributed by atoms with Gasteiger partial charge >= 0.3 is 0 Å². The van der Waals surface area contributed by atoms with Crippen LogP contribution in [0.5, 0.6) is 11.5 Å². The van der Waals surface area contributed by atoms with Gasteiger partial charge in [0.25, 0.3) is 21.6 Å². The number of hydrogen-bond donors (Lipinski definition) is 2. The van der Waals surface area contributed by atoms with Gasteiger partial charge in [0.05, 0.1) is 34.8 Å². The van der Waals surface area contributed by atoms with Gasteiger partial charge in [-0.05, 0) is 104 Å². The number of thioether (sulfide) groups is 1. The standard InChI is InChI=1S/C48H54ClN7O7S2/c1-48(2)12-9-35(42(28-48)33-3-5-36(49)6-4-33)30-54-15-17-55(18-16-54)37-7-8-40(44(25-37)63-38-24-34-10-13-50-46(34)51-29-38)47(57)52-65(60,61)39-26-43(56(58)59)41-23-32(31-64-45(41)27-39)11-14-53-19-21-62-22-20-53/h3-8,10,13,24-27,29,32H,9,11-12,14-23,28,30-31H2,1-2H3,(H,50,51)(H,52,57)/t32-/m1/s1. The molecule has 0 bridgehead atoms. The number of H-pyrrole nitrogens is 1. The van der Waals surface area contributed by atoms with Crippen LogP contribution in [-0.4, -0.2) is 110 Å². The molecular formula is C48H54ClN7O7S2. The number of piperazine rings is 1. The number of allylic oxidation sites excluding steroid dienone is 1. The molecule has 14 nitrogen and oxygen atoms in total. The van der Waals surface area contributed by atoms with Crippen molar-refractivity contribution >= 4 is 67.3 Å². The highest BCUT2D eigenvalue weighted by molar-refractivity contribution is 7.99. The molecule has 342 valence electrons. The number of carbonyl (C=O) groups excluding carboxylic acids is 1. The molecule has 1 aliphatic carbocycles. The number of nitrogens with zero attached hydrogens (tertiary/aromatic N) is 5. The number of rotatable bonds is 13. The monoisotopic (exact) mass is 939 g/mol. The van der Waals surface area contributed by atoms with Gasteiger partial charge in [0, 0.05) is 96.5 Å². The Balaban J connectivity index is 0.928. The summed E-state index contributed by atoms with van der Waals surface area (Å²) in [6.45, 7) is 12.7. The zero-order chi connectivity index (χ0) is 45.3. The van der Waals surface area contributed by atoms with Crippen molar-refractivity contribution in [3.05, 3.63) is 117 Å². The molecule has 0 saturated carbocycles. The summed E-state index contributed by atoms with van der Waals surface area (Å²) in [7, 11) is -4.56. The van der Waals surface area contributed by atoms with E-state index in [1.165, 1.54) is 34.5 Å². The second-order valence-electron chi connectivity index (χ2n) is 18.3. The number of nitrogens with one attached hydrogen (secondary N) is 2. The van der Waals surface area contributed by atoms with Crippen LogP contribution in [0, 0.1) is 21.4 Å². The van der Waals surface area contributed by atoms with Crippen molar-refractivity contribution < 1.29 is 27.6 Å². The molecule has 4 aliphatic rings. The van der Waals surface area contributed by atoms with E-state index in [1.807, 2.05) is 18.2 Å². The number of aromatic nitrogens is 2. The second kappa shape index (κ2) is 19.1. The van der Waals surface area contributed by atoms with E-state index in [4.69, 9.17) is 21.1 Å².